The molecule has 0 unspecified atom stereocenters. The van der Waals surface area contributed by atoms with Gasteiger partial charge in [0.2, 0.25) is 5.95 Å². The number of benzene rings is 1. The standard InChI is InChI=1S/C26H28N6O/c1-18(2)16-22(19-6-4-3-5-7-19)25-31-30-24-17-20(9-13-32(24)25)23-8-12-27-26(29-23)28-21-10-14-33-15-11-21/h3-9,12-13,16-18,21H,10-11,14-15H2,1-2H3,(H,27,28,29). The average molecular weight is 441 g/mol. The van der Waals surface area contributed by atoms with Crippen molar-refractivity contribution in [2.45, 2.75) is 32.7 Å². The number of rotatable bonds is 6. The molecule has 0 radical (unpaired) electrons. The molecule has 0 amide bonds. The first kappa shape index (κ1) is 21.3. The molecule has 0 saturated carbocycles. The van der Waals surface area contributed by atoms with Crippen LogP contribution in [0.15, 0.2) is 67.0 Å². The van der Waals surface area contributed by atoms with Gasteiger partial charge in [0.25, 0.3) is 0 Å². The Labute approximate surface area is 193 Å². The van der Waals surface area contributed by atoms with Crippen molar-refractivity contribution in [3.8, 4) is 11.3 Å². The molecule has 1 N–H and O–H groups in total. The molecular weight excluding hydrogens is 412 g/mol. The summed E-state index contributed by atoms with van der Waals surface area (Å²) < 4.78 is 7.47. The van der Waals surface area contributed by atoms with E-state index in [0.29, 0.717) is 17.9 Å². The van der Waals surface area contributed by atoms with Gasteiger partial charge in [-0.2, -0.15) is 0 Å². The van der Waals surface area contributed by atoms with Gasteiger partial charge in [0.05, 0.1) is 5.69 Å². The summed E-state index contributed by atoms with van der Waals surface area (Å²) in [5.41, 5.74) is 4.83. The predicted octanol–water partition coefficient (Wildman–Crippen LogP) is 4.86. The number of fused-ring (bicyclic) bond motifs is 1. The first-order valence-electron chi connectivity index (χ1n) is 11.5. The van der Waals surface area contributed by atoms with Crippen molar-refractivity contribution < 1.29 is 4.74 Å². The molecule has 4 heterocycles. The second-order valence-corrected chi connectivity index (χ2v) is 8.65. The third-order valence-corrected chi connectivity index (χ3v) is 5.74. The van der Waals surface area contributed by atoms with Crippen molar-refractivity contribution in [2.75, 3.05) is 18.5 Å². The zero-order valence-electron chi connectivity index (χ0n) is 19.0. The zero-order chi connectivity index (χ0) is 22.6. The van der Waals surface area contributed by atoms with Crippen molar-refractivity contribution in [3.05, 3.63) is 78.4 Å². The van der Waals surface area contributed by atoms with E-state index in [0.717, 1.165) is 59.9 Å². The lowest BCUT2D eigenvalue weighted by molar-refractivity contribution is 0.0903. The van der Waals surface area contributed by atoms with Crippen LogP contribution in [-0.2, 0) is 4.74 Å². The Kier molecular flexibility index (Phi) is 6.13. The molecule has 7 nitrogen and oxygen atoms in total. The van der Waals surface area contributed by atoms with E-state index in [1.54, 1.807) is 6.20 Å². The number of allylic oxidation sites excluding steroid dienone is 1. The van der Waals surface area contributed by atoms with Gasteiger partial charge >= 0.3 is 0 Å². The van der Waals surface area contributed by atoms with Gasteiger partial charge in [-0.05, 0) is 42.5 Å². The van der Waals surface area contributed by atoms with E-state index in [-0.39, 0.29) is 0 Å². The van der Waals surface area contributed by atoms with Gasteiger partial charge in [-0.3, -0.25) is 4.40 Å². The summed E-state index contributed by atoms with van der Waals surface area (Å²) in [5.74, 6) is 1.86. The third-order valence-electron chi connectivity index (χ3n) is 5.74. The van der Waals surface area contributed by atoms with E-state index >= 15 is 0 Å². The van der Waals surface area contributed by atoms with E-state index in [1.807, 2.05) is 40.9 Å². The number of pyridine rings is 1. The fraction of sp³-hybridized carbons (Fsp3) is 0.308. The first-order chi connectivity index (χ1) is 16.2. The van der Waals surface area contributed by atoms with Gasteiger partial charge in [0, 0.05) is 42.8 Å². The number of hydrogen-bond acceptors (Lipinski definition) is 6. The van der Waals surface area contributed by atoms with E-state index in [4.69, 9.17) is 9.72 Å². The van der Waals surface area contributed by atoms with Crippen molar-refractivity contribution in [1.82, 2.24) is 24.6 Å². The van der Waals surface area contributed by atoms with Gasteiger partial charge in [-0.25, -0.2) is 9.97 Å². The summed E-state index contributed by atoms with van der Waals surface area (Å²) in [4.78, 5) is 9.15. The Morgan fingerprint density at radius 1 is 1.09 bits per heavy atom. The molecule has 3 aromatic heterocycles. The normalized spacial score (nSPS) is 15.3. The molecule has 0 aliphatic carbocycles. The highest BCUT2D eigenvalue weighted by atomic mass is 16.5. The Morgan fingerprint density at radius 3 is 2.70 bits per heavy atom. The molecular formula is C26H28N6O. The second kappa shape index (κ2) is 9.50. The molecule has 7 heteroatoms. The Balaban J connectivity index is 1.46. The van der Waals surface area contributed by atoms with Crippen LogP contribution < -0.4 is 5.32 Å². The maximum absolute atomic E-state index is 5.44. The highest BCUT2D eigenvalue weighted by Crippen LogP contribution is 2.26. The molecule has 1 saturated heterocycles. The van der Waals surface area contributed by atoms with E-state index < -0.39 is 0 Å². The summed E-state index contributed by atoms with van der Waals surface area (Å²) in [6.45, 7) is 5.90. The maximum Gasteiger partial charge on any atom is 0.223 e. The number of ether oxygens (including phenoxy) is 1. The third kappa shape index (κ3) is 4.78. The lowest BCUT2D eigenvalue weighted by atomic mass is 10.0. The van der Waals surface area contributed by atoms with Gasteiger partial charge in [-0.15, -0.1) is 10.2 Å². The molecule has 33 heavy (non-hydrogen) atoms. The maximum atomic E-state index is 5.44. The first-order valence-corrected chi connectivity index (χ1v) is 11.5. The van der Waals surface area contributed by atoms with Gasteiger partial charge < -0.3 is 10.1 Å². The van der Waals surface area contributed by atoms with Crippen LogP contribution in [0.2, 0.25) is 0 Å². The van der Waals surface area contributed by atoms with Crippen LogP contribution in [0.25, 0.3) is 22.5 Å². The molecule has 1 aromatic carbocycles. The second-order valence-electron chi connectivity index (χ2n) is 8.65. The molecule has 0 atom stereocenters. The number of aromatic nitrogens is 5. The monoisotopic (exact) mass is 440 g/mol. The van der Waals surface area contributed by atoms with Gasteiger partial charge in [0.15, 0.2) is 11.5 Å². The summed E-state index contributed by atoms with van der Waals surface area (Å²) in [7, 11) is 0. The highest BCUT2D eigenvalue weighted by Gasteiger charge is 2.16. The Bertz CT molecular complexity index is 1260. The lowest BCUT2D eigenvalue weighted by Crippen LogP contribution is -2.28. The molecule has 1 aliphatic rings. The summed E-state index contributed by atoms with van der Waals surface area (Å²) in [6.07, 6.45) is 7.98. The largest absolute Gasteiger partial charge is 0.381 e. The van der Waals surface area contributed by atoms with E-state index in [9.17, 15) is 0 Å². The number of nitrogens with one attached hydrogen (secondary N) is 1. The quantitative estimate of drug-likeness (QED) is 0.461. The van der Waals surface area contributed by atoms with Crippen LogP contribution in [0.1, 0.15) is 38.1 Å². The minimum Gasteiger partial charge on any atom is -0.381 e. The zero-order valence-corrected chi connectivity index (χ0v) is 19.0. The van der Waals surface area contributed by atoms with Crippen LogP contribution in [0.3, 0.4) is 0 Å². The molecule has 4 aromatic rings. The number of hydrogen-bond donors (Lipinski definition) is 1. The van der Waals surface area contributed by atoms with Crippen LogP contribution in [-0.4, -0.2) is 43.8 Å². The van der Waals surface area contributed by atoms with Gasteiger partial charge in [-0.1, -0.05) is 50.3 Å². The smallest absolute Gasteiger partial charge is 0.223 e. The van der Waals surface area contributed by atoms with Crippen molar-refractivity contribution in [3.63, 3.8) is 0 Å². The Morgan fingerprint density at radius 2 is 1.91 bits per heavy atom. The van der Waals surface area contributed by atoms with E-state index in [2.05, 4.69) is 58.6 Å². The number of anilines is 1. The fourth-order valence-corrected chi connectivity index (χ4v) is 4.10. The topological polar surface area (TPSA) is 77.2 Å². The van der Waals surface area contributed by atoms with Crippen molar-refractivity contribution >= 4 is 17.2 Å². The van der Waals surface area contributed by atoms with Crippen LogP contribution >= 0.6 is 0 Å². The van der Waals surface area contributed by atoms with Crippen LogP contribution in [0.4, 0.5) is 5.95 Å². The minimum absolute atomic E-state index is 0.347. The summed E-state index contributed by atoms with van der Waals surface area (Å²) >= 11 is 0. The molecule has 5 rings (SSSR count). The fourth-order valence-electron chi connectivity index (χ4n) is 4.10. The molecule has 0 spiro atoms. The molecule has 1 aliphatic heterocycles. The highest BCUT2D eigenvalue weighted by molar-refractivity contribution is 5.78. The molecule has 1 fully saturated rings. The average Bonchev–Trinajstić information content (AvgIpc) is 3.27. The predicted molar refractivity (Wildman–Crippen MR) is 130 cm³/mol. The van der Waals surface area contributed by atoms with Crippen LogP contribution in [0, 0.1) is 5.92 Å². The summed E-state index contributed by atoms with van der Waals surface area (Å²) in [5, 5.41) is 12.5. The van der Waals surface area contributed by atoms with Crippen LogP contribution in [0.5, 0.6) is 0 Å². The SMILES string of the molecule is CC(C)C=C(c1ccccc1)c1nnc2cc(-c3ccnc(NC4CCOCC4)n3)ccn12. The molecule has 0 bridgehead atoms. The van der Waals surface area contributed by atoms with Crippen molar-refractivity contribution in [1.29, 1.82) is 0 Å². The Hall–Kier alpha value is -3.58. The molecule has 168 valence electrons. The minimum atomic E-state index is 0.347. The van der Waals surface area contributed by atoms with Crippen molar-refractivity contribution in [2.24, 2.45) is 5.92 Å². The number of nitrogens with zero attached hydrogens (tertiary/aromatic N) is 5. The lowest BCUT2D eigenvalue weighted by Gasteiger charge is -2.23. The van der Waals surface area contributed by atoms with E-state index in [1.165, 1.54) is 0 Å². The summed E-state index contributed by atoms with van der Waals surface area (Å²) in [6, 6.07) is 16.7. The van der Waals surface area contributed by atoms with Gasteiger partial charge in [0.1, 0.15) is 0 Å².